The highest BCUT2D eigenvalue weighted by Gasteiger charge is 2.38. The summed E-state index contributed by atoms with van der Waals surface area (Å²) in [4.78, 5) is 16.5. The summed E-state index contributed by atoms with van der Waals surface area (Å²) in [7, 11) is -3.95. The van der Waals surface area contributed by atoms with E-state index < -0.39 is 21.9 Å². The minimum absolute atomic E-state index is 0.0225. The Kier molecular flexibility index (Phi) is 5.77. The molecule has 1 saturated heterocycles. The molecule has 158 valence electrons. The maximum Gasteiger partial charge on any atom is 0.276 e. The van der Waals surface area contributed by atoms with Gasteiger partial charge in [0.1, 0.15) is 11.4 Å². The fourth-order valence-electron chi connectivity index (χ4n) is 3.58. The van der Waals surface area contributed by atoms with Gasteiger partial charge in [0.2, 0.25) is 11.0 Å². The molecule has 0 saturated carbocycles. The van der Waals surface area contributed by atoms with Gasteiger partial charge in [-0.05, 0) is 43.2 Å². The second kappa shape index (κ2) is 8.33. The van der Waals surface area contributed by atoms with E-state index in [1.165, 1.54) is 28.6 Å². The van der Waals surface area contributed by atoms with Gasteiger partial charge in [-0.25, -0.2) is 12.8 Å². The number of nitrogens with zero attached hydrogens (tertiary/aromatic N) is 2. The predicted molar refractivity (Wildman–Crippen MR) is 109 cm³/mol. The Hall–Kier alpha value is -2.49. The van der Waals surface area contributed by atoms with Crippen LogP contribution in [0.3, 0.4) is 0 Å². The molecule has 1 amide bonds. The number of fused-ring (bicyclic) bond motifs is 1. The van der Waals surface area contributed by atoms with Gasteiger partial charge in [-0.2, -0.15) is 4.31 Å². The smallest absolute Gasteiger partial charge is 0.276 e. The van der Waals surface area contributed by atoms with Crippen LogP contribution in [0.25, 0.3) is 11.0 Å². The first-order chi connectivity index (χ1) is 14.3. The molecule has 0 spiro atoms. The molecule has 0 radical (unpaired) electrons. The number of rotatable bonds is 6. The Bertz CT molecular complexity index is 1200. The van der Waals surface area contributed by atoms with Gasteiger partial charge >= 0.3 is 0 Å². The first kappa shape index (κ1) is 20.8. The van der Waals surface area contributed by atoms with Gasteiger partial charge in [-0.1, -0.05) is 11.6 Å². The van der Waals surface area contributed by atoms with E-state index in [0.717, 1.165) is 0 Å². The number of amides is 1. The van der Waals surface area contributed by atoms with Gasteiger partial charge < -0.3 is 9.73 Å². The lowest BCUT2D eigenvalue weighted by atomic mass is 10.1. The van der Waals surface area contributed by atoms with Gasteiger partial charge in [-0.3, -0.25) is 9.78 Å². The summed E-state index contributed by atoms with van der Waals surface area (Å²) in [6.45, 7) is 0.496. The number of halogens is 2. The van der Waals surface area contributed by atoms with E-state index >= 15 is 0 Å². The van der Waals surface area contributed by atoms with Crippen LogP contribution in [0, 0.1) is 5.82 Å². The lowest BCUT2D eigenvalue weighted by Crippen LogP contribution is -2.38. The van der Waals surface area contributed by atoms with Crippen LogP contribution < -0.4 is 5.32 Å². The monoisotopic (exact) mass is 451 g/mol. The highest BCUT2D eigenvalue weighted by atomic mass is 35.5. The Morgan fingerprint density at radius 3 is 2.93 bits per heavy atom. The minimum atomic E-state index is -3.95. The number of hydrogen-bond donors (Lipinski definition) is 1. The normalized spacial score (nSPS) is 17.5. The topological polar surface area (TPSA) is 92.5 Å². The van der Waals surface area contributed by atoms with Crippen molar-refractivity contribution in [3.05, 3.63) is 59.1 Å². The van der Waals surface area contributed by atoms with E-state index in [4.69, 9.17) is 16.0 Å². The molecule has 2 aromatic heterocycles. The van der Waals surface area contributed by atoms with E-state index in [0.29, 0.717) is 35.5 Å². The fraction of sp³-hybridized carbons (Fsp3) is 0.300. The standard InChI is InChI=1S/C20H19ClFN3O4S/c21-14-5-6-23-16(10-14)12-24-19(26)11-17-2-1-7-25(17)30(27,28)20-9-13-8-15(22)3-4-18(13)29-20/h3-6,8-10,17H,1-2,7,11-12H2,(H,24,26)/t17-/m0/s1. The molecule has 1 N–H and O–H groups in total. The number of carbonyl (C=O) groups is 1. The Labute approximate surface area is 177 Å². The molecule has 1 atom stereocenters. The molecule has 0 aliphatic carbocycles. The molecular formula is C20H19ClFN3O4S. The second-order valence-electron chi connectivity index (χ2n) is 7.11. The van der Waals surface area contributed by atoms with Gasteiger partial charge in [0, 0.05) is 41.7 Å². The molecule has 30 heavy (non-hydrogen) atoms. The molecule has 1 aromatic carbocycles. The number of aromatic nitrogens is 1. The third-order valence-corrected chi connectivity index (χ3v) is 7.05. The number of pyridine rings is 1. The summed E-state index contributed by atoms with van der Waals surface area (Å²) in [5.74, 6) is -0.757. The highest BCUT2D eigenvalue weighted by Crippen LogP contribution is 2.31. The van der Waals surface area contributed by atoms with Crippen molar-refractivity contribution in [3.8, 4) is 0 Å². The van der Waals surface area contributed by atoms with E-state index in [1.807, 2.05) is 0 Å². The zero-order valence-electron chi connectivity index (χ0n) is 15.8. The van der Waals surface area contributed by atoms with E-state index in [2.05, 4.69) is 10.3 Å². The van der Waals surface area contributed by atoms with Crippen LogP contribution in [-0.4, -0.2) is 36.2 Å². The largest absolute Gasteiger partial charge is 0.443 e. The van der Waals surface area contributed by atoms with E-state index in [1.54, 1.807) is 18.3 Å². The number of sulfonamides is 1. The zero-order valence-corrected chi connectivity index (χ0v) is 17.4. The van der Waals surface area contributed by atoms with Gasteiger partial charge in [-0.15, -0.1) is 0 Å². The first-order valence-electron chi connectivity index (χ1n) is 9.41. The SMILES string of the molecule is O=C(C[C@@H]1CCCN1S(=O)(=O)c1cc2cc(F)ccc2o1)NCc1cc(Cl)ccn1. The second-order valence-corrected chi connectivity index (χ2v) is 9.36. The molecule has 7 nitrogen and oxygen atoms in total. The first-order valence-corrected chi connectivity index (χ1v) is 11.2. The molecular weight excluding hydrogens is 433 g/mol. The third kappa shape index (κ3) is 4.33. The lowest BCUT2D eigenvalue weighted by molar-refractivity contribution is -0.122. The maximum atomic E-state index is 13.4. The van der Waals surface area contributed by atoms with Gasteiger partial charge in [0.15, 0.2) is 0 Å². The van der Waals surface area contributed by atoms with Crippen LogP contribution >= 0.6 is 11.6 Å². The van der Waals surface area contributed by atoms with E-state index in [9.17, 15) is 17.6 Å². The molecule has 1 aliphatic heterocycles. The number of hydrogen-bond acceptors (Lipinski definition) is 5. The average molecular weight is 452 g/mol. The van der Waals surface area contributed by atoms with Crippen molar-refractivity contribution in [2.45, 2.75) is 36.9 Å². The van der Waals surface area contributed by atoms with Crippen LogP contribution in [0.5, 0.6) is 0 Å². The molecule has 0 bridgehead atoms. The zero-order chi connectivity index (χ0) is 21.3. The van der Waals surface area contributed by atoms with E-state index in [-0.39, 0.29) is 29.5 Å². The number of furan rings is 1. The Morgan fingerprint density at radius 1 is 1.30 bits per heavy atom. The molecule has 1 aliphatic rings. The lowest BCUT2D eigenvalue weighted by Gasteiger charge is -2.22. The summed E-state index contributed by atoms with van der Waals surface area (Å²) < 4.78 is 46.3. The van der Waals surface area contributed by atoms with Crippen LogP contribution in [0.1, 0.15) is 25.0 Å². The number of carbonyl (C=O) groups excluding carboxylic acids is 1. The van der Waals surface area contributed by atoms with Crippen LogP contribution in [-0.2, 0) is 21.4 Å². The Morgan fingerprint density at radius 2 is 2.13 bits per heavy atom. The molecule has 3 aromatic rings. The third-order valence-electron chi connectivity index (χ3n) is 5.01. The van der Waals surface area contributed by atoms with Crippen LogP contribution in [0.15, 0.2) is 52.1 Å². The summed E-state index contributed by atoms with van der Waals surface area (Å²) in [6.07, 6.45) is 2.78. The molecule has 3 heterocycles. The van der Waals surface area contributed by atoms with Crippen molar-refractivity contribution in [2.24, 2.45) is 0 Å². The number of benzene rings is 1. The quantitative estimate of drug-likeness (QED) is 0.619. The molecule has 10 heteroatoms. The summed E-state index contributed by atoms with van der Waals surface area (Å²) >= 11 is 5.91. The Balaban J connectivity index is 1.45. The van der Waals surface area contributed by atoms with Crippen molar-refractivity contribution in [1.82, 2.24) is 14.6 Å². The number of nitrogens with one attached hydrogen (secondary N) is 1. The molecule has 1 fully saturated rings. The molecule has 0 unspecified atom stereocenters. The molecule has 4 rings (SSSR count). The van der Waals surface area contributed by atoms with Crippen molar-refractivity contribution in [2.75, 3.05) is 6.54 Å². The maximum absolute atomic E-state index is 13.4. The van der Waals surface area contributed by atoms with Crippen LogP contribution in [0.4, 0.5) is 4.39 Å². The summed E-state index contributed by atoms with van der Waals surface area (Å²) in [5, 5.41) is 3.39. The van der Waals surface area contributed by atoms with Crippen molar-refractivity contribution < 1.29 is 22.0 Å². The van der Waals surface area contributed by atoms with Gasteiger partial charge in [0.25, 0.3) is 10.0 Å². The summed E-state index contributed by atoms with van der Waals surface area (Å²) in [6, 6.07) is 7.94. The van der Waals surface area contributed by atoms with Crippen molar-refractivity contribution in [1.29, 1.82) is 0 Å². The minimum Gasteiger partial charge on any atom is -0.443 e. The average Bonchev–Trinajstić information content (AvgIpc) is 3.33. The van der Waals surface area contributed by atoms with Gasteiger partial charge in [0.05, 0.1) is 12.2 Å². The highest BCUT2D eigenvalue weighted by molar-refractivity contribution is 7.89. The van der Waals surface area contributed by atoms with Crippen LogP contribution in [0.2, 0.25) is 5.02 Å². The predicted octanol–water partition coefficient (Wildman–Crippen LogP) is 3.48. The van der Waals surface area contributed by atoms with Crippen molar-refractivity contribution >= 4 is 38.5 Å². The van der Waals surface area contributed by atoms with Crippen molar-refractivity contribution in [3.63, 3.8) is 0 Å². The fourth-order valence-corrected chi connectivity index (χ4v) is 5.41. The summed E-state index contributed by atoms with van der Waals surface area (Å²) in [5.41, 5.74) is 0.902.